The molecule has 0 saturated carbocycles. The average Bonchev–Trinajstić information content (AvgIpc) is 3.21. The van der Waals surface area contributed by atoms with E-state index in [1.807, 2.05) is 29.2 Å². The van der Waals surface area contributed by atoms with Crippen molar-refractivity contribution in [3.8, 4) is 6.07 Å². The maximum absolute atomic E-state index is 12.6. The Morgan fingerprint density at radius 2 is 1.84 bits per heavy atom. The normalized spacial score (nSPS) is 18.5. The maximum Gasteiger partial charge on any atom is 0.225 e. The number of carbonyl (C=O) groups is 1. The van der Waals surface area contributed by atoms with E-state index in [1.54, 1.807) is 6.20 Å². The predicted molar refractivity (Wildman–Crippen MR) is 97.2 cm³/mol. The molecule has 2 aromatic rings. The molecule has 2 fully saturated rings. The molecule has 1 aromatic carbocycles. The van der Waals surface area contributed by atoms with Crippen molar-refractivity contribution < 1.29 is 4.79 Å². The minimum absolute atomic E-state index is 0.132. The Hall–Kier alpha value is -2.61. The van der Waals surface area contributed by atoms with E-state index in [1.165, 1.54) is 0 Å². The fourth-order valence-corrected chi connectivity index (χ4v) is 4.10. The second kappa shape index (κ2) is 6.72. The van der Waals surface area contributed by atoms with Crippen molar-refractivity contribution in [1.82, 2.24) is 9.88 Å². The molecule has 0 unspecified atom stereocenters. The van der Waals surface area contributed by atoms with Crippen LogP contribution in [0, 0.1) is 17.2 Å². The smallest absolute Gasteiger partial charge is 0.225 e. The molecule has 25 heavy (non-hydrogen) atoms. The number of likely N-dealkylation sites (tertiary alicyclic amines) is 1. The molecule has 0 aliphatic carbocycles. The van der Waals surface area contributed by atoms with Crippen LogP contribution < -0.4 is 4.90 Å². The summed E-state index contributed by atoms with van der Waals surface area (Å²) >= 11 is 0. The van der Waals surface area contributed by atoms with Gasteiger partial charge in [0.25, 0.3) is 0 Å². The lowest BCUT2D eigenvalue weighted by Crippen LogP contribution is -2.42. The maximum atomic E-state index is 12.6. The predicted octanol–water partition coefficient (Wildman–Crippen LogP) is 2.95. The Kier molecular flexibility index (Phi) is 4.27. The summed E-state index contributed by atoms with van der Waals surface area (Å²) in [6, 6.07) is 10.2. The summed E-state index contributed by atoms with van der Waals surface area (Å²) in [7, 11) is 0. The van der Waals surface area contributed by atoms with E-state index in [4.69, 9.17) is 0 Å². The number of rotatable bonds is 2. The van der Waals surface area contributed by atoms with Gasteiger partial charge in [0.05, 0.1) is 16.8 Å². The summed E-state index contributed by atoms with van der Waals surface area (Å²) in [6.45, 7) is 3.47. The molecule has 2 aliphatic heterocycles. The lowest BCUT2D eigenvalue weighted by Gasteiger charge is -2.35. The number of nitriles is 1. The number of benzene rings is 1. The SMILES string of the molecule is N#Cc1cnc2ccccc2c1N1CCC(C(=O)N2CCCC2)CC1. The van der Waals surface area contributed by atoms with Crippen molar-refractivity contribution in [2.75, 3.05) is 31.1 Å². The van der Waals surface area contributed by atoms with Gasteiger partial charge in [-0.3, -0.25) is 9.78 Å². The van der Waals surface area contributed by atoms with Crippen molar-refractivity contribution in [3.05, 3.63) is 36.0 Å². The van der Waals surface area contributed by atoms with Crippen LogP contribution in [-0.2, 0) is 4.79 Å². The third kappa shape index (κ3) is 2.93. The largest absolute Gasteiger partial charge is 0.370 e. The fourth-order valence-electron chi connectivity index (χ4n) is 4.10. The molecule has 5 heteroatoms. The average molecular weight is 334 g/mol. The van der Waals surface area contributed by atoms with E-state index in [0.29, 0.717) is 11.5 Å². The lowest BCUT2D eigenvalue weighted by molar-refractivity contribution is -0.135. The zero-order chi connectivity index (χ0) is 17.2. The first-order valence-corrected chi connectivity index (χ1v) is 9.09. The van der Waals surface area contributed by atoms with Crippen molar-refractivity contribution in [1.29, 1.82) is 5.26 Å². The highest BCUT2D eigenvalue weighted by Crippen LogP contribution is 2.33. The molecular formula is C20H22N4O. The first-order chi connectivity index (χ1) is 12.3. The molecule has 0 bridgehead atoms. The zero-order valence-corrected chi connectivity index (χ0v) is 14.3. The van der Waals surface area contributed by atoms with Crippen molar-refractivity contribution in [2.45, 2.75) is 25.7 Å². The highest BCUT2D eigenvalue weighted by molar-refractivity contribution is 5.94. The van der Waals surface area contributed by atoms with Gasteiger partial charge in [0.2, 0.25) is 5.91 Å². The van der Waals surface area contributed by atoms with Gasteiger partial charge in [0.15, 0.2) is 0 Å². The van der Waals surface area contributed by atoms with Crippen LogP contribution in [-0.4, -0.2) is 42.0 Å². The first-order valence-electron chi connectivity index (χ1n) is 9.09. The summed E-state index contributed by atoms with van der Waals surface area (Å²) in [5.41, 5.74) is 2.50. The molecule has 128 valence electrons. The number of hydrogen-bond donors (Lipinski definition) is 0. The Labute approximate surface area is 147 Å². The molecule has 2 aliphatic rings. The molecule has 5 nitrogen and oxygen atoms in total. The molecule has 2 saturated heterocycles. The van der Waals surface area contributed by atoms with Crippen LogP contribution in [0.1, 0.15) is 31.2 Å². The van der Waals surface area contributed by atoms with E-state index in [-0.39, 0.29) is 5.92 Å². The van der Waals surface area contributed by atoms with E-state index >= 15 is 0 Å². The highest BCUT2D eigenvalue weighted by atomic mass is 16.2. The lowest BCUT2D eigenvalue weighted by atomic mass is 9.94. The minimum Gasteiger partial charge on any atom is -0.370 e. The highest BCUT2D eigenvalue weighted by Gasteiger charge is 2.30. The first kappa shape index (κ1) is 15.9. The summed E-state index contributed by atoms with van der Waals surface area (Å²) in [4.78, 5) is 21.3. The molecule has 0 spiro atoms. The number of fused-ring (bicyclic) bond motifs is 1. The number of carbonyl (C=O) groups excluding carboxylic acids is 1. The number of amides is 1. The van der Waals surface area contributed by atoms with Crippen molar-refractivity contribution in [2.24, 2.45) is 5.92 Å². The second-order valence-electron chi connectivity index (χ2n) is 6.94. The molecule has 1 aromatic heterocycles. The molecule has 1 amide bonds. The van der Waals surface area contributed by atoms with Gasteiger partial charge < -0.3 is 9.80 Å². The van der Waals surface area contributed by atoms with Crippen molar-refractivity contribution >= 4 is 22.5 Å². The number of para-hydroxylation sites is 1. The van der Waals surface area contributed by atoms with Gasteiger partial charge in [-0.1, -0.05) is 18.2 Å². The number of hydrogen-bond acceptors (Lipinski definition) is 4. The van der Waals surface area contributed by atoms with Crippen LogP contribution in [0.2, 0.25) is 0 Å². The van der Waals surface area contributed by atoms with Gasteiger partial charge >= 0.3 is 0 Å². The van der Waals surface area contributed by atoms with E-state index in [0.717, 1.165) is 68.5 Å². The van der Waals surface area contributed by atoms with E-state index in [9.17, 15) is 10.1 Å². The van der Waals surface area contributed by atoms with Crippen molar-refractivity contribution in [3.63, 3.8) is 0 Å². The summed E-state index contributed by atoms with van der Waals surface area (Å²) in [5, 5.41) is 10.5. The van der Waals surface area contributed by atoms with Gasteiger partial charge in [-0.2, -0.15) is 5.26 Å². The van der Waals surface area contributed by atoms with Crippen LogP contribution in [0.25, 0.3) is 10.9 Å². The molecular weight excluding hydrogens is 312 g/mol. The minimum atomic E-state index is 0.132. The third-order valence-corrected chi connectivity index (χ3v) is 5.45. The Morgan fingerprint density at radius 3 is 2.56 bits per heavy atom. The number of aromatic nitrogens is 1. The Balaban J connectivity index is 1.56. The summed E-state index contributed by atoms with van der Waals surface area (Å²) in [5.74, 6) is 0.463. The summed E-state index contributed by atoms with van der Waals surface area (Å²) in [6.07, 6.45) is 5.66. The third-order valence-electron chi connectivity index (χ3n) is 5.45. The topological polar surface area (TPSA) is 60.2 Å². The Morgan fingerprint density at radius 1 is 1.12 bits per heavy atom. The number of anilines is 1. The van der Waals surface area contributed by atoms with E-state index in [2.05, 4.69) is 16.0 Å². The van der Waals surface area contributed by atoms with Gasteiger partial charge in [0.1, 0.15) is 6.07 Å². The molecule has 4 rings (SSSR count). The van der Waals surface area contributed by atoms with Gasteiger partial charge in [-0.05, 0) is 31.7 Å². The number of nitrogens with zero attached hydrogens (tertiary/aromatic N) is 4. The Bertz CT molecular complexity index is 827. The number of pyridine rings is 1. The van der Waals surface area contributed by atoms with Gasteiger partial charge in [-0.15, -0.1) is 0 Å². The van der Waals surface area contributed by atoms with Crippen LogP contribution in [0.5, 0.6) is 0 Å². The van der Waals surface area contributed by atoms with Gasteiger partial charge in [0, 0.05) is 43.7 Å². The molecule has 0 radical (unpaired) electrons. The monoisotopic (exact) mass is 334 g/mol. The summed E-state index contributed by atoms with van der Waals surface area (Å²) < 4.78 is 0. The van der Waals surface area contributed by atoms with E-state index < -0.39 is 0 Å². The van der Waals surface area contributed by atoms with Crippen LogP contribution in [0.15, 0.2) is 30.5 Å². The van der Waals surface area contributed by atoms with Crippen LogP contribution in [0.3, 0.4) is 0 Å². The zero-order valence-electron chi connectivity index (χ0n) is 14.3. The fraction of sp³-hybridized carbons (Fsp3) is 0.450. The standard InChI is InChI=1S/C20H22N4O/c21-13-16-14-22-18-6-2-1-5-17(18)19(16)23-11-7-15(8-12-23)20(25)24-9-3-4-10-24/h1-2,5-6,14-15H,3-4,7-12H2. The van der Waals surface area contributed by atoms with Crippen LogP contribution >= 0.6 is 0 Å². The molecule has 3 heterocycles. The van der Waals surface area contributed by atoms with Gasteiger partial charge in [-0.25, -0.2) is 0 Å². The molecule has 0 atom stereocenters. The van der Waals surface area contributed by atoms with Crippen LogP contribution in [0.4, 0.5) is 5.69 Å². The quantitative estimate of drug-likeness (QED) is 0.847. The second-order valence-corrected chi connectivity index (χ2v) is 6.94. The molecule has 0 N–H and O–H groups in total. The number of piperidine rings is 1.